The molecule has 1 aromatic rings. The summed E-state index contributed by atoms with van der Waals surface area (Å²) in [5.74, 6) is 0.650. The Morgan fingerprint density at radius 3 is 2.70 bits per heavy atom. The third kappa shape index (κ3) is 5.21. The van der Waals surface area contributed by atoms with Crippen molar-refractivity contribution in [2.45, 2.75) is 33.1 Å². The van der Waals surface area contributed by atoms with Crippen LogP contribution in [-0.4, -0.2) is 25.6 Å². The molecule has 4 heteroatoms. The maximum absolute atomic E-state index is 11.5. The molecule has 0 radical (unpaired) electrons. The molecule has 20 heavy (non-hydrogen) atoms. The minimum Gasteiger partial charge on any atom is -0.492 e. The summed E-state index contributed by atoms with van der Waals surface area (Å²) in [6.07, 6.45) is 0. The number of carbonyl (C=O) groups excluding carboxylic acids is 1. The molecule has 0 saturated heterocycles. The Hall–Kier alpha value is -1.55. The average Bonchev–Trinajstić information content (AvgIpc) is 2.41. The molecule has 1 aromatic carbocycles. The predicted octanol–water partition coefficient (Wildman–Crippen LogP) is 2.07. The van der Waals surface area contributed by atoms with E-state index in [1.165, 1.54) is 5.56 Å². The first-order valence-corrected chi connectivity index (χ1v) is 7.05. The highest BCUT2D eigenvalue weighted by Gasteiger charge is 2.14. The van der Waals surface area contributed by atoms with Gasteiger partial charge in [-0.2, -0.15) is 0 Å². The summed E-state index contributed by atoms with van der Waals surface area (Å²) < 4.78 is 5.66. The van der Waals surface area contributed by atoms with Gasteiger partial charge in [-0.15, -0.1) is 0 Å². The van der Waals surface area contributed by atoms with Gasteiger partial charge in [-0.3, -0.25) is 4.79 Å². The van der Waals surface area contributed by atoms with Crippen LogP contribution in [0.3, 0.4) is 0 Å². The summed E-state index contributed by atoms with van der Waals surface area (Å²) in [4.78, 5) is 11.5. The van der Waals surface area contributed by atoms with Gasteiger partial charge >= 0.3 is 0 Å². The lowest BCUT2D eigenvalue weighted by Crippen LogP contribution is -2.35. The molecule has 0 bridgehead atoms. The van der Waals surface area contributed by atoms with Gasteiger partial charge in [0, 0.05) is 12.5 Å². The Morgan fingerprint density at radius 2 is 2.10 bits per heavy atom. The number of rotatable bonds is 6. The number of ether oxygens (including phenoxy) is 1. The molecular formula is C16H26N2O2. The molecule has 0 aromatic heterocycles. The second kappa shape index (κ2) is 7.29. The van der Waals surface area contributed by atoms with E-state index in [1.807, 2.05) is 25.1 Å². The zero-order valence-corrected chi connectivity index (χ0v) is 12.9. The molecule has 112 valence electrons. The first kappa shape index (κ1) is 16.5. The molecule has 0 aliphatic rings. The van der Waals surface area contributed by atoms with E-state index < -0.39 is 0 Å². The van der Waals surface area contributed by atoms with Crippen molar-refractivity contribution in [1.29, 1.82) is 0 Å². The monoisotopic (exact) mass is 278 g/mol. The van der Waals surface area contributed by atoms with Gasteiger partial charge in [-0.1, -0.05) is 39.8 Å². The zero-order chi connectivity index (χ0) is 15.2. The van der Waals surface area contributed by atoms with Gasteiger partial charge in [0.05, 0.1) is 6.54 Å². The lowest BCUT2D eigenvalue weighted by atomic mass is 9.87. The first-order chi connectivity index (χ1) is 9.34. The fourth-order valence-corrected chi connectivity index (χ4v) is 1.68. The minimum absolute atomic E-state index is 0.0282. The van der Waals surface area contributed by atoms with Crippen LogP contribution < -0.4 is 15.8 Å². The third-order valence-electron chi connectivity index (χ3n) is 3.17. The number of hydrogen-bond acceptors (Lipinski definition) is 3. The fraction of sp³-hybridized carbons (Fsp3) is 0.562. The molecule has 0 saturated carbocycles. The van der Waals surface area contributed by atoms with Crippen molar-refractivity contribution >= 4 is 5.91 Å². The van der Waals surface area contributed by atoms with Crippen molar-refractivity contribution in [3.63, 3.8) is 0 Å². The van der Waals surface area contributed by atoms with Crippen LogP contribution in [0, 0.1) is 5.92 Å². The second-order valence-electron chi connectivity index (χ2n) is 6.05. The molecule has 4 nitrogen and oxygen atoms in total. The van der Waals surface area contributed by atoms with E-state index in [-0.39, 0.29) is 17.2 Å². The molecule has 1 unspecified atom stereocenters. The molecule has 1 rings (SSSR count). The maximum atomic E-state index is 11.5. The third-order valence-corrected chi connectivity index (χ3v) is 3.17. The Balaban J connectivity index is 2.41. The van der Waals surface area contributed by atoms with Crippen molar-refractivity contribution in [2.24, 2.45) is 11.7 Å². The van der Waals surface area contributed by atoms with Crippen LogP contribution >= 0.6 is 0 Å². The standard InChI is InChI=1S/C16H26N2O2/c1-12(11-17)15(19)18-8-9-20-14-7-5-6-13(10-14)16(2,3)4/h5-7,10,12H,8-9,11,17H2,1-4H3,(H,18,19). The Kier molecular flexibility index (Phi) is 6.02. The van der Waals surface area contributed by atoms with Crippen LogP contribution in [-0.2, 0) is 10.2 Å². The van der Waals surface area contributed by atoms with Crippen LogP contribution in [0.2, 0.25) is 0 Å². The smallest absolute Gasteiger partial charge is 0.224 e. The lowest BCUT2D eigenvalue weighted by Gasteiger charge is -2.19. The summed E-state index contributed by atoms with van der Waals surface area (Å²) in [7, 11) is 0. The summed E-state index contributed by atoms with van der Waals surface area (Å²) in [6, 6.07) is 8.06. The molecule has 0 spiro atoms. The SMILES string of the molecule is CC(CN)C(=O)NCCOc1cccc(C(C)(C)C)c1. The molecule has 0 aliphatic carbocycles. The quantitative estimate of drug-likeness (QED) is 0.783. The lowest BCUT2D eigenvalue weighted by molar-refractivity contribution is -0.124. The van der Waals surface area contributed by atoms with Crippen LogP contribution in [0.5, 0.6) is 5.75 Å². The van der Waals surface area contributed by atoms with E-state index in [2.05, 4.69) is 32.2 Å². The number of nitrogens with two attached hydrogens (primary N) is 1. The number of amides is 1. The van der Waals surface area contributed by atoms with E-state index in [0.717, 1.165) is 5.75 Å². The number of hydrogen-bond donors (Lipinski definition) is 2. The van der Waals surface area contributed by atoms with Gasteiger partial charge < -0.3 is 15.8 Å². The second-order valence-corrected chi connectivity index (χ2v) is 6.05. The first-order valence-electron chi connectivity index (χ1n) is 7.05. The number of benzene rings is 1. The summed E-state index contributed by atoms with van der Waals surface area (Å²) >= 11 is 0. The van der Waals surface area contributed by atoms with E-state index >= 15 is 0 Å². The number of nitrogens with one attached hydrogen (secondary N) is 1. The van der Waals surface area contributed by atoms with E-state index in [9.17, 15) is 4.79 Å². The van der Waals surface area contributed by atoms with Gasteiger partial charge in [-0.05, 0) is 23.1 Å². The van der Waals surface area contributed by atoms with Gasteiger partial charge in [0.25, 0.3) is 0 Å². The number of carbonyl (C=O) groups is 1. The van der Waals surface area contributed by atoms with Crippen LogP contribution in [0.15, 0.2) is 24.3 Å². The summed E-state index contributed by atoms with van der Waals surface area (Å²) in [5.41, 5.74) is 6.77. The summed E-state index contributed by atoms with van der Waals surface area (Å²) in [6.45, 7) is 9.62. The van der Waals surface area contributed by atoms with Crippen molar-refractivity contribution in [2.75, 3.05) is 19.7 Å². The Morgan fingerprint density at radius 1 is 1.40 bits per heavy atom. The van der Waals surface area contributed by atoms with Crippen LogP contribution in [0.25, 0.3) is 0 Å². The van der Waals surface area contributed by atoms with E-state index in [4.69, 9.17) is 10.5 Å². The Labute approximate surface area is 121 Å². The van der Waals surface area contributed by atoms with Crippen molar-refractivity contribution in [3.05, 3.63) is 29.8 Å². The molecule has 1 amide bonds. The highest BCUT2D eigenvalue weighted by Crippen LogP contribution is 2.25. The van der Waals surface area contributed by atoms with E-state index in [0.29, 0.717) is 19.7 Å². The van der Waals surface area contributed by atoms with E-state index in [1.54, 1.807) is 0 Å². The highest BCUT2D eigenvalue weighted by molar-refractivity contribution is 5.78. The zero-order valence-electron chi connectivity index (χ0n) is 12.9. The Bertz CT molecular complexity index is 438. The topological polar surface area (TPSA) is 64.4 Å². The molecule has 0 heterocycles. The largest absolute Gasteiger partial charge is 0.492 e. The molecule has 3 N–H and O–H groups in total. The molecule has 0 aliphatic heterocycles. The molecule has 1 atom stereocenters. The van der Waals surface area contributed by atoms with Gasteiger partial charge in [0.2, 0.25) is 5.91 Å². The fourth-order valence-electron chi connectivity index (χ4n) is 1.68. The maximum Gasteiger partial charge on any atom is 0.224 e. The summed E-state index contributed by atoms with van der Waals surface area (Å²) in [5, 5.41) is 2.80. The van der Waals surface area contributed by atoms with Crippen molar-refractivity contribution in [1.82, 2.24) is 5.32 Å². The van der Waals surface area contributed by atoms with Crippen LogP contribution in [0.4, 0.5) is 0 Å². The van der Waals surface area contributed by atoms with Gasteiger partial charge in [0.15, 0.2) is 0 Å². The molecule has 0 fully saturated rings. The predicted molar refractivity (Wildman–Crippen MR) is 81.9 cm³/mol. The molecular weight excluding hydrogens is 252 g/mol. The highest BCUT2D eigenvalue weighted by atomic mass is 16.5. The minimum atomic E-state index is -0.154. The van der Waals surface area contributed by atoms with Gasteiger partial charge in [-0.25, -0.2) is 0 Å². The van der Waals surface area contributed by atoms with Gasteiger partial charge in [0.1, 0.15) is 12.4 Å². The average molecular weight is 278 g/mol. The normalized spacial score (nSPS) is 12.8. The van der Waals surface area contributed by atoms with Crippen molar-refractivity contribution in [3.8, 4) is 5.75 Å². The van der Waals surface area contributed by atoms with Crippen LogP contribution in [0.1, 0.15) is 33.3 Å². The van der Waals surface area contributed by atoms with Crippen molar-refractivity contribution < 1.29 is 9.53 Å².